The fourth-order valence-corrected chi connectivity index (χ4v) is 10.5. The van der Waals surface area contributed by atoms with Crippen molar-refractivity contribution in [2.75, 3.05) is 38.0 Å². The third kappa shape index (κ3) is 10.0. The number of carbonyl (C=O) groups is 6. The van der Waals surface area contributed by atoms with Crippen LogP contribution in [0.5, 0.6) is 0 Å². The van der Waals surface area contributed by atoms with Crippen molar-refractivity contribution in [3.8, 4) is 0 Å². The minimum Gasteiger partial charge on any atom is -0.444 e. The maximum atomic E-state index is 14.8. The average Bonchev–Trinajstić information content (AvgIpc) is 3.71. The third-order valence-corrected chi connectivity index (χ3v) is 14.6. The maximum Gasteiger partial charge on any atom is 0.410 e. The van der Waals surface area contributed by atoms with Crippen LogP contribution in [0.2, 0.25) is 0 Å². The molecule has 0 radical (unpaired) electrons. The van der Waals surface area contributed by atoms with Gasteiger partial charge < -0.3 is 30.9 Å². The first-order chi connectivity index (χ1) is 30.5. The number of carbonyl (C=O) groups excluding carboxylic acids is 6. The molecule has 5 atom stereocenters. The predicted octanol–water partition coefficient (Wildman–Crippen LogP) is 3.05. The molecule has 6 amide bonds. The molecule has 0 unspecified atom stereocenters. The summed E-state index contributed by atoms with van der Waals surface area (Å²) in [6.07, 6.45) is 5.00. The van der Waals surface area contributed by atoms with Gasteiger partial charge in [0.05, 0.1) is 30.9 Å². The minimum atomic E-state index is -4.45. The van der Waals surface area contributed by atoms with Gasteiger partial charge in [0.1, 0.15) is 34.4 Å². The van der Waals surface area contributed by atoms with Crippen molar-refractivity contribution in [3.63, 3.8) is 0 Å². The van der Waals surface area contributed by atoms with Gasteiger partial charge in [-0.3, -0.25) is 33.8 Å². The van der Waals surface area contributed by atoms with Gasteiger partial charge >= 0.3 is 6.09 Å². The third-order valence-electron chi connectivity index (χ3n) is 13.2. The van der Waals surface area contributed by atoms with Crippen molar-refractivity contribution >= 4 is 51.3 Å². The highest BCUT2D eigenvalue weighted by molar-refractivity contribution is 7.90. The molecule has 2 aromatic rings. The molecule has 0 bridgehead atoms. The van der Waals surface area contributed by atoms with E-state index in [1.165, 1.54) is 28.0 Å². The van der Waals surface area contributed by atoms with Gasteiger partial charge in [0, 0.05) is 31.0 Å². The monoisotopic (exact) mass is 906 g/mol. The Balaban J connectivity index is 1.14. The van der Waals surface area contributed by atoms with Gasteiger partial charge in [-0.05, 0) is 82.8 Å². The van der Waals surface area contributed by atoms with Crippen LogP contribution in [-0.2, 0) is 51.8 Å². The Labute approximate surface area is 373 Å². The summed E-state index contributed by atoms with van der Waals surface area (Å²) in [6.45, 7) is 8.75. The van der Waals surface area contributed by atoms with Crippen LogP contribution >= 0.6 is 0 Å². The summed E-state index contributed by atoms with van der Waals surface area (Å²) in [5.41, 5.74) is -1.30. The quantitative estimate of drug-likeness (QED) is 0.255. The number of hydrogen-bond acceptors (Lipinski definition) is 11. The zero-order valence-corrected chi connectivity index (χ0v) is 37.3. The molecule has 5 aliphatic rings. The fourth-order valence-electron chi connectivity index (χ4n) is 9.28. The largest absolute Gasteiger partial charge is 0.444 e. The minimum absolute atomic E-state index is 0.0214. The number of amides is 6. The van der Waals surface area contributed by atoms with Crippen LogP contribution in [0.25, 0.3) is 0 Å². The number of hydrogen-bond donors (Lipinski definition) is 5. The Morgan fingerprint density at radius 1 is 0.984 bits per heavy atom. The van der Waals surface area contributed by atoms with Crippen LogP contribution < -0.4 is 26.0 Å². The van der Waals surface area contributed by atoms with E-state index in [9.17, 15) is 41.6 Å². The standard InChI is InChI=1S/C45H59FN8O9S/c1-4-30-24-45(30)42(59)51-64(61,62)37-19-10-9-17-34(37)47-20-11-7-5-6-8-18-35(49-38(55)25-48-41(58)44(2,3)53-21-12-13-22-53)40(57)54-27-31(23-36(54)39(56)50-45)63-43(60)52-26-29-15-14-16-33(46)32(29)28-52/h4,9-10,14-17,19,30-31,35-36,47H,1,5-8,11-13,18,20-28H2,2-3H3,(H,48,58)(H,49,55)(H,50,56)(H,51,59)/t30-,31-,35+,36+,45-/m1/s1. The van der Waals surface area contributed by atoms with E-state index >= 15 is 0 Å². The molecule has 4 aliphatic heterocycles. The van der Waals surface area contributed by atoms with Crippen LogP contribution in [0, 0.1) is 11.7 Å². The predicted molar refractivity (Wildman–Crippen MR) is 233 cm³/mol. The second-order valence-corrected chi connectivity index (χ2v) is 19.6. The molecule has 64 heavy (non-hydrogen) atoms. The average molecular weight is 907 g/mol. The Kier molecular flexibility index (Phi) is 14.0. The number of fused-ring (bicyclic) bond motifs is 3. The number of rotatable bonds is 7. The van der Waals surface area contributed by atoms with Crippen molar-refractivity contribution in [2.45, 2.75) is 125 Å². The van der Waals surface area contributed by atoms with Gasteiger partial charge in [0.15, 0.2) is 0 Å². The molecule has 1 aliphatic carbocycles. The summed E-state index contributed by atoms with van der Waals surface area (Å²) in [6, 6.07) is 8.31. The van der Waals surface area contributed by atoms with Gasteiger partial charge in [-0.15, -0.1) is 6.58 Å². The SMILES string of the molecule is C=C[C@@H]1C[C@@]12NC(=O)[C@@H]1C[C@@H](OC(=O)N3Cc4cccc(F)c4C3)CN1C(=O)[C@@H](NC(=O)CNC(=O)C(C)(C)N1CCCC1)CCCCCCCNc1ccccc1S(=O)(=O)NC2=O. The van der Waals surface area contributed by atoms with E-state index in [4.69, 9.17) is 4.74 Å². The van der Waals surface area contributed by atoms with E-state index in [0.29, 0.717) is 42.6 Å². The molecule has 4 heterocycles. The van der Waals surface area contributed by atoms with Crippen LogP contribution in [0.15, 0.2) is 60.0 Å². The number of likely N-dealkylation sites (tertiary alicyclic amines) is 1. The topological polar surface area (TPSA) is 216 Å². The zero-order chi connectivity index (χ0) is 45.8. The first-order valence-corrected chi connectivity index (χ1v) is 23.7. The van der Waals surface area contributed by atoms with E-state index in [0.717, 1.165) is 38.8 Å². The van der Waals surface area contributed by atoms with Crippen molar-refractivity contribution < 1.29 is 46.3 Å². The lowest BCUT2D eigenvalue weighted by molar-refractivity contribution is -0.142. The first kappa shape index (κ1) is 46.4. The number of nitrogens with one attached hydrogen (secondary N) is 5. The van der Waals surface area contributed by atoms with E-state index in [1.54, 1.807) is 44.2 Å². The van der Waals surface area contributed by atoms with Gasteiger partial charge in [-0.2, -0.15) is 0 Å². The lowest BCUT2D eigenvalue weighted by atomic mass is 10.0. The van der Waals surface area contributed by atoms with E-state index in [2.05, 4.69) is 37.5 Å². The van der Waals surface area contributed by atoms with E-state index < -0.39 is 87.3 Å². The summed E-state index contributed by atoms with van der Waals surface area (Å²) in [5, 5.41) is 11.4. The van der Waals surface area contributed by atoms with Crippen molar-refractivity contribution in [1.82, 2.24) is 35.4 Å². The van der Waals surface area contributed by atoms with Gasteiger partial charge in [-0.25, -0.2) is 22.3 Å². The zero-order valence-electron chi connectivity index (χ0n) is 36.5. The summed E-state index contributed by atoms with van der Waals surface area (Å²) in [4.78, 5) is 88.2. The molecule has 17 nitrogen and oxygen atoms in total. The van der Waals surface area contributed by atoms with Crippen LogP contribution in [-0.4, -0.2) is 121 Å². The highest BCUT2D eigenvalue weighted by Crippen LogP contribution is 2.45. The lowest BCUT2D eigenvalue weighted by Crippen LogP contribution is -2.59. The van der Waals surface area contributed by atoms with Gasteiger partial charge in [0.2, 0.25) is 23.6 Å². The summed E-state index contributed by atoms with van der Waals surface area (Å²) in [5.74, 6) is -4.50. The number of halogens is 1. The molecule has 3 fully saturated rings. The van der Waals surface area contributed by atoms with Crippen molar-refractivity contribution in [3.05, 3.63) is 72.1 Å². The maximum absolute atomic E-state index is 14.8. The van der Waals surface area contributed by atoms with Gasteiger partial charge in [-0.1, -0.05) is 56.0 Å². The number of para-hydroxylation sites is 1. The smallest absolute Gasteiger partial charge is 0.410 e. The number of sulfonamides is 1. The second kappa shape index (κ2) is 19.3. The van der Waals surface area contributed by atoms with Crippen LogP contribution in [0.3, 0.4) is 0 Å². The number of anilines is 1. The van der Waals surface area contributed by atoms with Crippen molar-refractivity contribution in [2.24, 2.45) is 5.92 Å². The van der Waals surface area contributed by atoms with E-state index in [1.807, 2.05) is 0 Å². The summed E-state index contributed by atoms with van der Waals surface area (Å²) in [7, 11) is -4.45. The lowest BCUT2D eigenvalue weighted by Gasteiger charge is -2.33. The molecule has 2 aromatic carbocycles. The molecular formula is C45H59FN8O9S. The Morgan fingerprint density at radius 2 is 1.72 bits per heavy atom. The normalized spacial score (nSPS) is 26.6. The fraction of sp³-hybridized carbons (Fsp3) is 0.556. The number of benzene rings is 2. The van der Waals surface area contributed by atoms with Crippen molar-refractivity contribution in [1.29, 1.82) is 0 Å². The molecule has 19 heteroatoms. The van der Waals surface area contributed by atoms with Gasteiger partial charge in [0.25, 0.3) is 15.9 Å². The number of ether oxygens (including phenoxy) is 1. The molecule has 346 valence electrons. The summed E-state index contributed by atoms with van der Waals surface area (Å²) < 4.78 is 50.2. The molecule has 1 spiro atoms. The molecule has 0 aromatic heterocycles. The Bertz CT molecular complexity index is 2270. The van der Waals surface area contributed by atoms with Crippen LogP contribution in [0.4, 0.5) is 14.9 Å². The Morgan fingerprint density at radius 3 is 2.45 bits per heavy atom. The summed E-state index contributed by atoms with van der Waals surface area (Å²) >= 11 is 0. The molecule has 5 N–H and O–H groups in total. The highest BCUT2D eigenvalue weighted by atomic mass is 32.2. The Hall–Kier alpha value is -5.56. The molecule has 7 rings (SSSR count). The van der Waals surface area contributed by atoms with Crippen LogP contribution in [0.1, 0.15) is 89.2 Å². The highest BCUT2D eigenvalue weighted by Gasteiger charge is 2.61. The molecular weight excluding hydrogens is 848 g/mol. The van der Waals surface area contributed by atoms with E-state index in [-0.39, 0.29) is 49.7 Å². The number of nitrogens with zero attached hydrogens (tertiary/aromatic N) is 3. The molecule has 2 saturated heterocycles. The molecule has 1 saturated carbocycles. The first-order valence-electron chi connectivity index (χ1n) is 22.2. The second-order valence-electron chi connectivity index (χ2n) is 18.0.